The van der Waals surface area contributed by atoms with Crippen molar-refractivity contribution in [2.24, 2.45) is 5.92 Å². The second-order valence-electron chi connectivity index (χ2n) is 4.84. The quantitative estimate of drug-likeness (QED) is 0.780. The van der Waals surface area contributed by atoms with Crippen LogP contribution < -0.4 is 5.32 Å². The summed E-state index contributed by atoms with van der Waals surface area (Å²) in [6.45, 7) is 3.22. The highest BCUT2D eigenvalue weighted by molar-refractivity contribution is 5.13. The second kappa shape index (κ2) is 6.09. The van der Waals surface area contributed by atoms with E-state index in [4.69, 9.17) is 4.42 Å². The van der Waals surface area contributed by atoms with Crippen molar-refractivity contribution in [1.82, 2.24) is 5.32 Å². The minimum absolute atomic E-state index is 0.502. The van der Waals surface area contributed by atoms with Crippen LogP contribution in [0.5, 0.6) is 0 Å². The summed E-state index contributed by atoms with van der Waals surface area (Å²) in [5.74, 6) is 0.792. The zero-order valence-corrected chi connectivity index (χ0v) is 10.2. The number of hydrogen-bond donors (Lipinski definition) is 1. The van der Waals surface area contributed by atoms with E-state index in [2.05, 4.69) is 18.3 Å². The standard InChI is InChI=1S/C14H23NO/c1-2-15-14(13-9-10-16-11-13)12-7-5-3-4-6-8-12/h9-12,14-15H,2-8H2,1H3. The molecule has 1 atom stereocenters. The SMILES string of the molecule is CCNC(c1ccoc1)C1CCCCCC1. The van der Waals surface area contributed by atoms with Crippen molar-refractivity contribution in [3.63, 3.8) is 0 Å². The largest absolute Gasteiger partial charge is 0.472 e. The van der Waals surface area contributed by atoms with E-state index < -0.39 is 0 Å². The third-order valence-corrected chi connectivity index (χ3v) is 3.70. The van der Waals surface area contributed by atoms with E-state index in [1.54, 1.807) is 6.26 Å². The van der Waals surface area contributed by atoms with Crippen LogP contribution >= 0.6 is 0 Å². The molecule has 90 valence electrons. The van der Waals surface area contributed by atoms with Gasteiger partial charge in [0.1, 0.15) is 0 Å². The van der Waals surface area contributed by atoms with Crippen LogP contribution in [-0.4, -0.2) is 6.54 Å². The number of furan rings is 1. The molecule has 0 aliphatic heterocycles. The molecule has 1 fully saturated rings. The van der Waals surface area contributed by atoms with Gasteiger partial charge in [0.2, 0.25) is 0 Å². The van der Waals surface area contributed by atoms with Crippen LogP contribution in [0, 0.1) is 5.92 Å². The summed E-state index contributed by atoms with van der Waals surface area (Å²) in [4.78, 5) is 0. The summed E-state index contributed by atoms with van der Waals surface area (Å²) in [7, 11) is 0. The highest BCUT2D eigenvalue weighted by atomic mass is 16.3. The normalized spacial score (nSPS) is 20.6. The lowest BCUT2D eigenvalue weighted by atomic mass is 9.88. The smallest absolute Gasteiger partial charge is 0.0950 e. The first-order chi connectivity index (χ1) is 7.92. The van der Waals surface area contributed by atoms with Crippen molar-refractivity contribution in [2.75, 3.05) is 6.54 Å². The molecule has 1 unspecified atom stereocenters. The van der Waals surface area contributed by atoms with Crippen molar-refractivity contribution in [3.8, 4) is 0 Å². The summed E-state index contributed by atoms with van der Waals surface area (Å²) < 4.78 is 5.22. The first-order valence-electron chi connectivity index (χ1n) is 6.67. The van der Waals surface area contributed by atoms with Gasteiger partial charge in [0.05, 0.1) is 12.5 Å². The van der Waals surface area contributed by atoms with E-state index in [1.807, 2.05) is 6.26 Å². The number of nitrogens with one attached hydrogen (secondary N) is 1. The first-order valence-corrected chi connectivity index (χ1v) is 6.67. The Labute approximate surface area is 98.4 Å². The van der Waals surface area contributed by atoms with Crippen molar-refractivity contribution in [3.05, 3.63) is 24.2 Å². The summed E-state index contributed by atoms with van der Waals surface area (Å²) >= 11 is 0. The highest BCUT2D eigenvalue weighted by Gasteiger charge is 2.23. The van der Waals surface area contributed by atoms with Gasteiger partial charge in [-0.3, -0.25) is 0 Å². The maximum Gasteiger partial charge on any atom is 0.0950 e. The summed E-state index contributed by atoms with van der Waals surface area (Å²) in [6, 6.07) is 2.61. The molecule has 1 N–H and O–H groups in total. The Kier molecular flexibility index (Phi) is 4.46. The van der Waals surface area contributed by atoms with Gasteiger partial charge in [-0.2, -0.15) is 0 Å². The lowest BCUT2D eigenvalue weighted by molar-refractivity contribution is 0.328. The molecule has 0 bridgehead atoms. The van der Waals surface area contributed by atoms with Gasteiger partial charge in [-0.25, -0.2) is 0 Å². The molecule has 2 nitrogen and oxygen atoms in total. The van der Waals surface area contributed by atoms with Crippen LogP contribution in [0.15, 0.2) is 23.0 Å². The van der Waals surface area contributed by atoms with Gasteiger partial charge >= 0.3 is 0 Å². The molecule has 1 aliphatic carbocycles. The van der Waals surface area contributed by atoms with Gasteiger partial charge in [-0.15, -0.1) is 0 Å². The molecular weight excluding hydrogens is 198 g/mol. The fourth-order valence-electron chi connectivity index (χ4n) is 2.87. The first kappa shape index (κ1) is 11.7. The van der Waals surface area contributed by atoms with Crippen LogP contribution in [0.4, 0.5) is 0 Å². The molecule has 16 heavy (non-hydrogen) atoms. The van der Waals surface area contributed by atoms with E-state index in [9.17, 15) is 0 Å². The zero-order chi connectivity index (χ0) is 11.2. The molecule has 1 saturated carbocycles. The minimum atomic E-state index is 0.502. The van der Waals surface area contributed by atoms with Crippen molar-refractivity contribution >= 4 is 0 Å². The lowest BCUT2D eigenvalue weighted by Crippen LogP contribution is -2.27. The van der Waals surface area contributed by atoms with Crippen molar-refractivity contribution in [1.29, 1.82) is 0 Å². The molecule has 1 aliphatic rings. The third kappa shape index (κ3) is 2.88. The predicted octanol–water partition coefficient (Wildman–Crippen LogP) is 3.90. The van der Waals surface area contributed by atoms with E-state index in [1.165, 1.54) is 44.1 Å². The molecule has 2 heteroatoms. The Balaban J connectivity index is 2.05. The topological polar surface area (TPSA) is 25.2 Å². The summed E-state index contributed by atoms with van der Waals surface area (Å²) in [6.07, 6.45) is 12.0. The molecule has 1 heterocycles. The molecule has 1 aromatic rings. The predicted molar refractivity (Wildman–Crippen MR) is 66.3 cm³/mol. The maximum atomic E-state index is 5.22. The summed E-state index contributed by atoms with van der Waals surface area (Å²) in [5, 5.41) is 3.62. The Morgan fingerprint density at radius 1 is 1.31 bits per heavy atom. The lowest BCUT2D eigenvalue weighted by Gasteiger charge is -2.26. The number of hydrogen-bond acceptors (Lipinski definition) is 2. The van der Waals surface area contributed by atoms with E-state index in [0.717, 1.165) is 12.5 Å². The van der Waals surface area contributed by atoms with Crippen LogP contribution in [0.25, 0.3) is 0 Å². The minimum Gasteiger partial charge on any atom is -0.472 e. The monoisotopic (exact) mass is 221 g/mol. The molecule has 0 aromatic carbocycles. The van der Waals surface area contributed by atoms with Gasteiger partial charge in [-0.1, -0.05) is 32.6 Å². The molecule has 0 amide bonds. The molecule has 0 saturated heterocycles. The average molecular weight is 221 g/mol. The fourth-order valence-corrected chi connectivity index (χ4v) is 2.87. The van der Waals surface area contributed by atoms with Gasteiger partial charge in [0.25, 0.3) is 0 Å². The van der Waals surface area contributed by atoms with Gasteiger partial charge < -0.3 is 9.73 Å². The van der Waals surface area contributed by atoms with Crippen molar-refractivity contribution in [2.45, 2.75) is 51.5 Å². The van der Waals surface area contributed by atoms with E-state index >= 15 is 0 Å². The van der Waals surface area contributed by atoms with Crippen LogP contribution in [0.3, 0.4) is 0 Å². The zero-order valence-electron chi connectivity index (χ0n) is 10.2. The Morgan fingerprint density at radius 3 is 2.62 bits per heavy atom. The molecule has 0 radical (unpaired) electrons. The Hall–Kier alpha value is -0.760. The second-order valence-corrected chi connectivity index (χ2v) is 4.84. The summed E-state index contributed by atoms with van der Waals surface area (Å²) in [5.41, 5.74) is 1.33. The van der Waals surface area contributed by atoms with Crippen molar-refractivity contribution < 1.29 is 4.42 Å². The third-order valence-electron chi connectivity index (χ3n) is 3.70. The highest BCUT2D eigenvalue weighted by Crippen LogP contribution is 2.33. The van der Waals surface area contributed by atoms with Crippen LogP contribution in [0.2, 0.25) is 0 Å². The Bertz CT molecular complexity index is 273. The average Bonchev–Trinajstić information content (AvgIpc) is 2.69. The maximum absolute atomic E-state index is 5.22. The molecular formula is C14H23NO. The Morgan fingerprint density at radius 2 is 2.06 bits per heavy atom. The van der Waals surface area contributed by atoms with Gasteiger partial charge in [-0.05, 0) is 31.4 Å². The van der Waals surface area contributed by atoms with Gasteiger partial charge in [0, 0.05) is 11.6 Å². The van der Waals surface area contributed by atoms with E-state index in [-0.39, 0.29) is 0 Å². The fraction of sp³-hybridized carbons (Fsp3) is 0.714. The van der Waals surface area contributed by atoms with Crippen LogP contribution in [0.1, 0.15) is 57.1 Å². The molecule has 0 spiro atoms. The van der Waals surface area contributed by atoms with E-state index in [0.29, 0.717) is 6.04 Å². The molecule has 1 aromatic heterocycles. The molecule has 2 rings (SSSR count). The van der Waals surface area contributed by atoms with Gasteiger partial charge in [0.15, 0.2) is 0 Å². The number of rotatable bonds is 4. The van der Waals surface area contributed by atoms with Crippen LogP contribution in [-0.2, 0) is 0 Å².